The van der Waals surface area contributed by atoms with Gasteiger partial charge in [-0.1, -0.05) is 0 Å². The van der Waals surface area contributed by atoms with E-state index in [4.69, 9.17) is 5.73 Å². The minimum atomic E-state index is -2.12. The van der Waals surface area contributed by atoms with Gasteiger partial charge in [0.25, 0.3) is 0 Å². The third-order valence-corrected chi connectivity index (χ3v) is 3.54. The Hall–Kier alpha value is 0.110. The molecule has 1 nitrogen and oxygen atoms in total. The molecule has 0 radical (unpaired) electrons. The molecular formula is C8H14ClF2N. The van der Waals surface area contributed by atoms with Crippen LogP contribution in [0.2, 0.25) is 0 Å². The van der Waals surface area contributed by atoms with Gasteiger partial charge in [0, 0.05) is 11.5 Å². The smallest absolute Gasteiger partial charge is 0.244 e. The third kappa shape index (κ3) is 0.925. The van der Waals surface area contributed by atoms with Crippen LogP contribution >= 0.6 is 12.4 Å². The highest BCUT2D eigenvalue weighted by Gasteiger charge is 2.72. The summed E-state index contributed by atoms with van der Waals surface area (Å²) in [5.74, 6) is 0. The molecule has 0 unspecified atom stereocenters. The molecule has 2 N–H and O–H groups in total. The Balaban J connectivity index is 0.000000720. The molecule has 72 valence electrons. The molecule has 0 aromatic rings. The second-order valence-corrected chi connectivity index (χ2v) is 4.34. The highest BCUT2D eigenvalue weighted by molar-refractivity contribution is 5.85. The van der Waals surface area contributed by atoms with Gasteiger partial charge in [0.1, 0.15) is 0 Å². The Morgan fingerprint density at radius 1 is 1.17 bits per heavy atom. The van der Waals surface area contributed by atoms with E-state index in [1.807, 2.05) is 6.92 Å². The largest absolute Gasteiger partial charge is 0.327 e. The van der Waals surface area contributed by atoms with Crippen molar-refractivity contribution in [2.24, 2.45) is 16.6 Å². The van der Waals surface area contributed by atoms with Crippen LogP contribution in [0.1, 0.15) is 26.2 Å². The van der Waals surface area contributed by atoms with E-state index in [0.717, 1.165) is 0 Å². The fourth-order valence-corrected chi connectivity index (χ4v) is 2.66. The van der Waals surface area contributed by atoms with Crippen LogP contribution in [0.15, 0.2) is 0 Å². The normalized spacial score (nSPS) is 45.8. The monoisotopic (exact) mass is 197 g/mol. The minimum absolute atomic E-state index is 0. The lowest BCUT2D eigenvalue weighted by Crippen LogP contribution is -2.70. The van der Waals surface area contributed by atoms with E-state index in [2.05, 4.69) is 0 Å². The Labute approximate surface area is 77.1 Å². The van der Waals surface area contributed by atoms with Gasteiger partial charge in [0.2, 0.25) is 6.43 Å². The summed E-state index contributed by atoms with van der Waals surface area (Å²) in [6.07, 6.45) is -0.136. The van der Waals surface area contributed by atoms with Crippen molar-refractivity contribution in [3.63, 3.8) is 0 Å². The zero-order valence-corrected chi connectivity index (χ0v) is 7.83. The molecule has 3 rings (SSSR count). The molecule has 0 heterocycles. The quantitative estimate of drug-likeness (QED) is 0.722. The predicted octanol–water partition coefficient (Wildman–Crippen LogP) is 2.19. The van der Waals surface area contributed by atoms with E-state index in [9.17, 15) is 8.78 Å². The molecule has 4 heteroatoms. The summed E-state index contributed by atoms with van der Waals surface area (Å²) in [5, 5.41) is 0. The number of alkyl halides is 2. The Morgan fingerprint density at radius 3 is 1.83 bits per heavy atom. The summed E-state index contributed by atoms with van der Waals surface area (Å²) in [7, 11) is 0. The predicted molar refractivity (Wildman–Crippen MR) is 45.6 cm³/mol. The molecular weight excluding hydrogens is 184 g/mol. The Bertz CT molecular complexity index is 156. The first kappa shape index (κ1) is 10.2. The van der Waals surface area contributed by atoms with Crippen LogP contribution in [0.3, 0.4) is 0 Å². The summed E-state index contributed by atoms with van der Waals surface area (Å²) < 4.78 is 24.6. The van der Waals surface area contributed by atoms with Gasteiger partial charge in [-0.25, -0.2) is 8.78 Å². The number of nitrogens with two attached hydrogens (primary N) is 1. The number of rotatable bonds is 2. The van der Waals surface area contributed by atoms with Crippen LogP contribution in [0, 0.1) is 10.8 Å². The van der Waals surface area contributed by atoms with Crippen LogP contribution in [0.4, 0.5) is 8.78 Å². The lowest BCUT2D eigenvalue weighted by Gasteiger charge is -2.72. The molecule has 0 spiro atoms. The first-order valence-electron chi connectivity index (χ1n) is 4.05. The molecule has 0 aromatic carbocycles. The van der Waals surface area contributed by atoms with Crippen molar-refractivity contribution in [2.75, 3.05) is 0 Å². The van der Waals surface area contributed by atoms with Gasteiger partial charge in [0.05, 0.1) is 0 Å². The Morgan fingerprint density at radius 2 is 1.58 bits per heavy atom. The summed E-state index contributed by atoms with van der Waals surface area (Å²) in [6.45, 7) is 1.93. The SMILES string of the molecule is C[C@H](N)C12CC(C(F)F)(C1)C2.Cl. The first-order valence-corrected chi connectivity index (χ1v) is 4.05. The summed E-state index contributed by atoms with van der Waals surface area (Å²) in [5.41, 5.74) is 5.19. The van der Waals surface area contributed by atoms with Gasteiger partial charge in [0.15, 0.2) is 0 Å². The first-order chi connectivity index (χ1) is 5.01. The van der Waals surface area contributed by atoms with Gasteiger partial charge in [-0.15, -0.1) is 12.4 Å². The van der Waals surface area contributed by atoms with E-state index in [1.165, 1.54) is 0 Å². The summed E-state index contributed by atoms with van der Waals surface area (Å²) in [6, 6.07) is 0.100. The number of halogens is 3. The molecule has 3 aliphatic rings. The standard InChI is InChI=1S/C8H13F2N.ClH/c1-5(11)7-2-8(3-7,4-7)6(9)10;/h5-6H,2-4,11H2,1H3;1H/t5-,7?,8?;/m0./s1. The van der Waals surface area contributed by atoms with E-state index in [-0.39, 0.29) is 23.9 Å². The fraction of sp³-hybridized carbons (Fsp3) is 1.00. The van der Waals surface area contributed by atoms with Crippen molar-refractivity contribution in [3.8, 4) is 0 Å². The second kappa shape index (κ2) is 2.55. The van der Waals surface area contributed by atoms with E-state index in [0.29, 0.717) is 19.3 Å². The van der Waals surface area contributed by atoms with Crippen molar-refractivity contribution < 1.29 is 8.78 Å². The average molecular weight is 198 g/mol. The van der Waals surface area contributed by atoms with Crippen LogP contribution < -0.4 is 5.73 Å². The van der Waals surface area contributed by atoms with Gasteiger partial charge in [-0.2, -0.15) is 0 Å². The van der Waals surface area contributed by atoms with Crippen molar-refractivity contribution in [1.82, 2.24) is 0 Å². The molecule has 0 saturated heterocycles. The summed E-state index contributed by atoms with van der Waals surface area (Å²) >= 11 is 0. The molecule has 12 heavy (non-hydrogen) atoms. The number of hydrogen-bond donors (Lipinski definition) is 1. The zero-order chi connectivity index (χ0) is 8.28. The average Bonchev–Trinajstić information content (AvgIpc) is 1.51. The lowest BCUT2D eigenvalue weighted by molar-refractivity contribution is -0.273. The number of hydrogen-bond acceptors (Lipinski definition) is 1. The maximum absolute atomic E-state index is 12.3. The van der Waals surface area contributed by atoms with E-state index >= 15 is 0 Å². The van der Waals surface area contributed by atoms with Gasteiger partial charge in [-0.3, -0.25) is 0 Å². The molecule has 3 fully saturated rings. The zero-order valence-electron chi connectivity index (χ0n) is 7.02. The molecule has 0 amide bonds. The molecule has 2 bridgehead atoms. The maximum atomic E-state index is 12.3. The van der Waals surface area contributed by atoms with Crippen LogP contribution in [0.25, 0.3) is 0 Å². The lowest BCUT2D eigenvalue weighted by atomic mass is 9.33. The molecule has 3 saturated carbocycles. The fourth-order valence-electron chi connectivity index (χ4n) is 2.66. The Kier molecular flexibility index (Phi) is 2.16. The van der Waals surface area contributed by atoms with Gasteiger partial charge >= 0.3 is 0 Å². The van der Waals surface area contributed by atoms with Crippen LogP contribution in [0.5, 0.6) is 0 Å². The van der Waals surface area contributed by atoms with Crippen molar-refractivity contribution in [1.29, 1.82) is 0 Å². The molecule has 0 aromatic heterocycles. The van der Waals surface area contributed by atoms with Crippen molar-refractivity contribution in [3.05, 3.63) is 0 Å². The molecule has 1 atom stereocenters. The van der Waals surface area contributed by atoms with Crippen LogP contribution in [-0.4, -0.2) is 12.5 Å². The van der Waals surface area contributed by atoms with Crippen LogP contribution in [-0.2, 0) is 0 Å². The van der Waals surface area contributed by atoms with Gasteiger partial charge < -0.3 is 5.73 Å². The third-order valence-electron chi connectivity index (χ3n) is 3.54. The minimum Gasteiger partial charge on any atom is -0.327 e. The molecule has 3 aliphatic carbocycles. The highest BCUT2D eigenvalue weighted by atomic mass is 35.5. The summed E-state index contributed by atoms with van der Waals surface area (Å²) in [4.78, 5) is 0. The second-order valence-electron chi connectivity index (χ2n) is 4.34. The topological polar surface area (TPSA) is 26.0 Å². The van der Waals surface area contributed by atoms with Crippen molar-refractivity contribution >= 4 is 12.4 Å². The van der Waals surface area contributed by atoms with E-state index < -0.39 is 11.8 Å². The highest BCUT2D eigenvalue weighted by Crippen LogP contribution is 2.76. The molecule has 0 aliphatic heterocycles. The maximum Gasteiger partial charge on any atom is 0.244 e. The van der Waals surface area contributed by atoms with Crippen molar-refractivity contribution in [2.45, 2.75) is 38.7 Å². The van der Waals surface area contributed by atoms with Gasteiger partial charge in [-0.05, 0) is 31.6 Å². The van der Waals surface area contributed by atoms with E-state index in [1.54, 1.807) is 0 Å².